The van der Waals surface area contributed by atoms with E-state index in [0.717, 1.165) is 0 Å². The zero-order chi connectivity index (χ0) is 20.0. The van der Waals surface area contributed by atoms with Crippen LogP contribution in [0, 0.1) is 11.8 Å². The molecular weight excluding hydrogens is 363 g/mol. The van der Waals surface area contributed by atoms with Gasteiger partial charge in [0.15, 0.2) is 5.75 Å². The van der Waals surface area contributed by atoms with Crippen LogP contribution in [0.2, 0.25) is 0 Å². The molecule has 0 spiro atoms. The number of carboxylic acid groups (broad SMARTS) is 1. The summed E-state index contributed by atoms with van der Waals surface area (Å²) in [5, 5.41) is 11.6. The largest absolute Gasteiger partial charge is 0.493 e. The highest BCUT2D eigenvalue weighted by molar-refractivity contribution is 5.86. The number of hydrogen-bond acceptors (Lipinski definition) is 5. The molecule has 1 aliphatic carbocycles. The van der Waals surface area contributed by atoms with E-state index in [4.69, 9.17) is 9.84 Å². The number of carboxylic acids is 1. The zero-order valence-corrected chi connectivity index (χ0v) is 14.9. The Balaban J connectivity index is 2.02. The number of methoxy groups -OCH3 is 1. The molecule has 148 valence electrons. The van der Waals surface area contributed by atoms with Crippen LogP contribution < -0.4 is 10.1 Å². The summed E-state index contributed by atoms with van der Waals surface area (Å²) in [6.45, 7) is 3.39. The summed E-state index contributed by atoms with van der Waals surface area (Å²) in [6.07, 6.45) is 2.07. The van der Waals surface area contributed by atoms with Gasteiger partial charge in [0.1, 0.15) is 5.69 Å². The molecule has 2 rings (SSSR count). The van der Waals surface area contributed by atoms with Crippen LogP contribution in [-0.2, 0) is 4.79 Å². The lowest BCUT2D eigenvalue weighted by Gasteiger charge is -2.28. The van der Waals surface area contributed by atoms with Gasteiger partial charge in [0.2, 0.25) is 5.95 Å². The maximum absolute atomic E-state index is 12.7. The Morgan fingerprint density at radius 2 is 2.07 bits per heavy atom. The summed E-state index contributed by atoms with van der Waals surface area (Å²) < 4.78 is 43.4. The Labute approximate surface area is 155 Å². The number of aromatic nitrogens is 2. The predicted molar refractivity (Wildman–Crippen MR) is 94.4 cm³/mol. The summed E-state index contributed by atoms with van der Waals surface area (Å²) in [7, 11) is 1.46. The first-order chi connectivity index (χ1) is 12.7. The van der Waals surface area contributed by atoms with Gasteiger partial charge in [0.25, 0.3) is 0 Å². The molecule has 1 aliphatic rings. The fourth-order valence-corrected chi connectivity index (χ4v) is 2.87. The van der Waals surface area contributed by atoms with Gasteiger partial charge in [-0.1, -0.05) is 12.7 Å². The van der Waals surface area contributed by atoms with Gasteiger partial charge in [-0.2, -0.15) is 13.2 Å². The number of rotatable bonds is 7. The predicted octanol–water partition coefficient (Wildman–Crippen LogP) is 3.92. The first-order valence-electron chi connectivity index (χ1n) is 8.51. The van der Waals surface area contributed by atoms with Crippen molar-refractivity contribution in [1.82, 2.24) is 9.97 Å². The minimum atomic E-state index is -4.12. The Kier molecular flexibility index (Phi) is 6.81. The molecular formula is C18H22F3N3O3. The van der Waals surface area contributed by atoms with Crippen LogP contribution in [0.3, 0.4) is 0 Å². The van der Waals surface area contributed by atoms with E-state index in [1.54, 1.807) is 6.08 Å². The maximum Gasteiger partial charge on any atom is 0.391 e. The number of hydrogen-bond donors (Lipinski definition) is 2. The van der Waals surface area contributed by atoms with Crippen LogP contribution in [-0.4, -0.2) is 40.9 Å². The lowest BCUT2D eigenvalue weighted by molar-refractivity contribution is -0.183. The van der Waals surface area contributed by atoms with Gasteiger partial charge in [-0.15, -0.1) is 0 Å². The third-order valence-electron chi connectivity index (χ3n) is 4.53. The molecule has 6 nitrogen and oxygen atoms in total. The van der Waals surface area contributed by atoms with E-state index < -0.39 is 18.1 Å². The number of anilines is 1. The second-order valence-corrected chi connectivity index (χ2v) is 6.42. The molecule has 0 radical (unpaired) electrons. The fraction of sp³-hybridized carbons (Fsp3) is 0.500. The lowest BCUT2D eigenvalue weighted by Crippen LogP contribution is -2.27. The Morgan fingerprint density at radius 1 is 1.41 bits per heavy atom. The standard InChI is InChI=1S/C18H22F3N3O3/c1-11(16(25)26)9-22-17-23-10-15(27-2)14(24-17)8-5-12-3-6-13(7-4-12)18(19,20)21/h5,8,10,12-13H,1,3-4,6-7,9H2,2H3,(H,25,26)(H,22,23,24)/b8-5+. The van der Waals surface area contributed by atoms with Gasteiger partial charge < -0.3 is 15.2 Å². The topological polar surface area (TPSA) is 84.3 Å². The summed E-state index contributed by atoms with van der Waals surface area (Å²) in [5.41, 5.74) is 0.432. The van der Waals surface area contributed by atoms with Gasteiger partial charge in [0.05, 0.1) is 19.2 Å². The number of alkyl halides is 3. The molecule has 27 heavy (non-hydrogen) atoms. The van der Waals surface area contributed by atoms with Crippen LogP contribution in [0.1, 0.15) is 31.4 Å². The fourth-order valence-electron chi connectivity index (χ4n) is 2.87. The van der Waals surface area contributed by atoms with Crippen molar-refractivity contribution in [2.24, 2.45) is 11.8 Å². The average molecular weight is 385 g/mol. The number of aliphatic carboxylic acids is 1. The van der Waals surface area contributed by atoms with Crippen molar-refractivity contribution >= 4 is 18.0 Å². The minimum absolute atomic E-state index is 0.0216. The number of halogens is 3. The number of ether oxygens (including phenoxy) is 1. The van der Waals surface area contributed by atoms with Crippen molar-refractivity contribution in [3.05, 3.63) is 30.1 Å². The molecule has 0 saturated heterocycles. The number of allylic oxidation sites excluding steroid dienone is 1. The molecule has 1 fully saturated rings. The van der Waals surface area contributed by atoms with Crippen molar-refractivity contribution in [2.45, 2.75) is 31.9 Å². The normalized spacial score (nSPS) is 20.4. The molecule has 1 aromatic rings. The molecule has 1 aromatic heterocycles. The van der Waals surface area contributed by atoms with Crippen molar-refractivity contribution < 1.29 is 27.8 Å². The van der Waals surface area contributed by atoms with E-state index >= 15 is 0 Å². The van der Waals surface area contributed by atoms with Crippen LogP contribution >= 0.6 is 0 Å². The van der Waals surface area contributed by atoms with Crippen LogP contribution in [0.4, 0.5) is 19.1 Å². The molecule has 0 bridgehead atoms. The average Bonchev–Trinajstić information content (AvgIpc) is 2.63. The monoisotopic (exact) mass is 385 g/mol. The molecule has 0 amide bonds. The first kappa shape index (κ1) is 20.7. The number of carbonyl (C=O) groups is 1. The second kappa shape index (κ2) is 8.88. The van der Waals surface area contributed by atoms with E-state index in [1.807, 2.05) is 6.08 Å². The van der Waals surface area contributed by atoms with E-state index in [9.17, 15) is 18.0 Å². The van der Waals surface area contributed by atoms with Crippen molar-refractivity contribution in [3.8, 4) is 5.75 Å². The smallest absolute Gasteiger partial charge is 0.391 e. The molecule has 9 heteroatoms. The van der Waals surface area contributed by atoms with E-state index in [-0.39, 0.29) is 36.8 Å². The third-order valence-corrected chi connectivity index (χ3v) is 4.53. The molecule has 0 aromatic carbocycles. The van der Waals surface area contributed by atoms with E-state index in [0.29, 0.717) is 24.3 Å². The summed E-state index contributed by atoms with van der Waals surface area (Å²) in [6, 6.07) is 0. The molecule has 1 saturated carbocycles. The van der Waals surface area contributed by atoms with Gasteiger partial charge in [0, 0.05) is 12.1 Å². The van der Waals surface area contributed by atoms with Crippen molar-refractivity contribution in [2.75, 3.05) is 19.0 Å². The van der Waals surface area contributed by atoms with Crippen LogP contribution in [0.5, 0.6) is 5.75 Å². The van der Waals surface area contributed by atoms with E-state index in [1.165, 1.54) is 13.3 Å². The van der Waals surface area contributed by atoms with Gasteiger partial charge >= 0.3 is 12.1 Å². The maximum atomic E-state index is 12.7. The highest BCUT2D eigenvalue weighted by Crippen LogP contribution is 2.40. The summed E-state index contributed by atoms with van der Waals surface area (Å²) in [5.74, 6) is -1.66. The van der Waals surface area contributed by atoms with Crippen molar-refractivity contribution in [1.29, 1.82) is 0 Å². The molecule has 0 atom stereocenters. The lowest BCUT2D eigenvalue weighted by atomic mass is 9.81. The minimum Gasteiger partial charge on any atom is -0.493 e. The van der Waals surface area contributed by atoms with Crippen LogP contribution in [0.25, 0.3) is 6.08 Å². The van der Waals surface area contributed by atoms with E-state index in [2.05, 4.69) is 21.9 Å². The number of nitrogens with one attached hydrogen (secondary N) is 1. The molecule has 1 heterocycles. The van der Waals surface area contributed by atoms with Gasteiger partial charge in [-0.3, -0.25) is 0 Å². The molecule has 0 unspecified atom stereocenters. The Hall–Kier alpha value is -2.58. The highest BCUT2D eigenvalue weighted by Gasteiger charge is 2.40. The Morgan fingerprint density at radius 3 is 2.63 bits per heavy atom. The Bertz CT molecular complexity index is 712. The zero-order valence-electron chi connectivity index (χ0n) is 14.9. The van der Waals surface area contributed by atoms with Crippen LogP contribution in [0.15, 0.2) is 24.4 Å². The van der Waals surface area contributed by atoms with Crippen molar-refractivity contribution in [3.63, 3.8) is 0 Å². The quantitative estimate of drug-likeness (QED) is 0.692. The highest BCUT2D eigenvalue weighted by atomic mass is 19.4. The first-order valence-corrected chi connectivity index (χ1v) is 8.51. The molecule has 0 aliphatic heterocycles. The summed E-state index contributed by atoms with van der Waals surface area (Å²) >= 11 is 0. The number of nitrogens with zero attached hydrogens (tertiary/aromatic N) is 2. The molecule has 2 N–H and O–H groups in total. The SMILES string of the molecule is C=C(CNc1ncc(OC)c(/C=C/C2CCC(C(F)(F)F)CC2)n1)C(=O)O. The second-order valence-electron chi connectivity index (χ2n) is 6.42. The van der Waals surface area contributed by atoms with Gasteiger partial charge in [-0.25, -0.2) is 14.8 Å². The van der Waals surface area contributed by atoms with Gasteiger partial charge in [-0.05, 0) is 37.7 Å². The third kappa shape index (κ3) is 5.97. The summed E-state index contributed by atoms with van der Waals surface area (Å²) in [4.78, 5) is 19.1.